The Morgan fingerprint density at radius 1 is 0.943 bits per heavy atom. The van der Waals surface area contributed by atoms with Crippen LogP contribution in [-0.2, 0) is 20.2 Å². The Morgan fingerprint density at radius 2 is 1.57 bits per heavy atom. The van der Waals surface area contributed by atoms with Crippen molar-refractivity contribution in [1.29, 1.82) is 0 Å². The SMILES string of the molecule is C/C(=N\NC(=O)CN(c1ccc(Cl)c(Cl)c1)S(=O)(=O)c1ccccc1)c1ccc(C(C)(C)C)cc1. The Kier molecular flexibility index (Phi) is 8.26. The molecule has 6 nitrogen and oxygen atoms in total. The summed E-state index contributed by atoms with van der Waals surface area (Å²) in [6.07, 6.45) is 0. The predicted molar refractivity (Wildman–Crippen MR) is 143 cm³/mol. The normalized spacial score (nSPS) is 12.3. The van der Waals surface area contributed by atoms with E-state index < -0.39 is 22.5 Å². The molecule has 3 aromatic rings. The number of sulfonamides is 1. The van der Waals surface area contributed by atoms with Crippen LogP contribution in [0.4, 0.5) is 5.69 Å². The molecular weight excluding hydrogens is 505 g/mol. The van der Waals surface area contributed by atoms with E-state index in [9.17, 15) is 13.2 Å². The third-order valence-corrected chi connectivity index (χ3v) is 7.85. The van der Waals surface area contributed by atoms with Gasteiger partial charge in [-0.15, -0.1) is 0 Å². The van der Waals surface area contributed by atoms with E-state index in [2.05, 4.69) is 31.3 Å². The maximum Gasteiger partial charge on any atom is 0.264 e. The van der Waals surface area contributed by atoms with Gasteiger partial charge >= 0.3 is 0 Å². The molecule has 184 valence electrons. The van der Waals surface area contributed by atoms with E-state index in [-0.39, 0.29) is 26.0 Å². The standard InChI is InChI=1S/C26H27Cl2N3O3S/c1-18(19-10-12-20(13-11-19)26(2,3)4)29-30-25(32)17-31(21-14-15-23(27)24(28)16-21)35(33,34)22-8-6-5-7-9-22/h5-16H,17H2,1-4H3,(H,30,32)/b29-18+. The zero-order chi connectivity index (χ0) is 25.8. The molecule has 0 saturated carbocycles. The smallest absolute Gasteiger partial charge is 0.264 e. The quantitative estimate of drug-likeness (QED) is 0.298. The highest BCUT2D eigenvalue weighted by Gasteiger charge is 2.27. The molecular formula is C26H27Cl2N3O3S. The number of benzene rings is 3. The number of nitrogens with one attached hydrogen (secondary N) is 1. The number of hydrogen-bond donors (Lipinski definition) is 1. The molecule has 0 bridgehead atoms. The van der Waals surface area contributed by atoms with Gasteiger partial charge in [-0.3, -0.25) is 9.10 Å². The number of amides is 1. The summed E-state index contributed by atoms with van der Waals surface area (Å²) < 4.78 is 27.7. The van der Waals surface area contributed by atoms with Gasteiger partial charge in [0.2, 0.25) is 0 Å². The first-order valence-corrected chi connectivity index (χ1v) is 13.1. The summed E-state index contributed by atoms with van der Waals surface area (Å²) in [7, 11) is -4.07. The van der Waals surface area contributed by atoms with Crippen LogP contribution >= 0.6 is 23.2 Å². The molecule has 0 aliphatic heterocycles. The average molecular weight is 532 g/mol. The summed E-state index contributed by atoms with van der Waals surface area (Å²) in [4.78, 5) is 12.8. The Labute approximate surface area is 216 Å². The average Bonchev–Trinajstić information content (AvgIpc) is 2.83. The summed E-state index contributed by atoms with van der Waals surface area (Å²) in [5.41, 5.74) is 5.30. The molecule has 3 aromatic carbocycles. The molecule has 0 aromatic heterocycles. The molecule has 0 saturated heterocycles. The predicted octanol–water partition coefficient (Wildman–Crippen LogP) is 6.03. The third kappa shape index (κ3) is 6.63. The highest BCUT2D eigenvalue weighted by atomic mass is 35.5. The maximum absolute atomic E-state index is 13.4. The van der Waals surface area contributed by atoms with Crippen LogP contribution in [0.2, 0.25) is 10.0 Å². The lowest BCUT2D eigenvalue weighted by atomic mass is 9.86. The molecule has 0 aliphatic carbocycles. The Morgan fingerprint density at radius 3 is 2.14 bits per heavy atom. The minimum absolute atomic E-state index is 0.0239. The van der Waals surface area contributed by atoms with E-state index >= 15 is 0 Å². The summed E-state index contributed by atoms with van der Waals surface area (Å²) in [5, 5.41) is 4.61. The number of hydrazone groups is 1. The minimum atomic E-state index is -4.07. The number of hydrogen-bond acceptors (Lipinski definition) is 4. The number of carbonyl (C=O) groups is 1. The number of carbonyl (C=O) groups excluding carboxylic acids is 1. The second-order valence-corrected chi connectivity index (χ2v) is 11.7. The van der Waals surface area contributed by atoms with Crippen LogP contribution in [0.3, 0.4) is 0 Å². The van der Waals surface area contributed by atoms with Gasteiger partial charge in [0.15, 0.2) is 0 Å². The fraction of sp³-hybridized carbons (Fsp3) is 0.231. The lowest BCUT2D eigenvalue weighted by Crippen LogP contribution is -2.39. The van der Waals surface area contributed by atoms with Crippen molar-refractivity contribution in [2.75, 3.05) is 10.8 Å². The van der Waals surface area contributed by atoms with E-state index in [1.54, 1.807) is 25.1 Å². The van der Waals surface area contributed by atoms with Crippen LogP contribution in [0.15, 0.2) is 82.8 Å². The van der Waals surface area contributed by atoms with Crippen molar-refractivity contribution in [2.24, 2.45) is 5.10 Å². The van der Waals surface area contributed by atoms with Gasteiger partial charge in [0.25, 0.3) is 15.9 Å². The summed E-state index contributed by atoms with van der Waals surface area (Å²) in [5.74, 6) is -0.610. The third-order valence-electron chi connectivity index (χ3n) is 5.33. The molecule has 0 radical (unpaired) electrons. The number of nitrogens with zero attached hydrogens (tertiary/aromatic N) is 2. The van der Waals surface area contributed by atoms with Gasteiger partial charge in [-0.25, -0.2) is 13.8 Å². The van der Waals surface area contributed by atoms with Crippen molar-refractivity contribution in [3.8, 4) is 0 Å². The molecule has 9 heteroatoms. The van der Waals surface area contributed by atoms with E-state index in [1.807, 2.05) is 24.3 Å². The molecule has 1 amide bonds. The highest BCUT2D eigenvalue weighted by Crippen LogP contribution is 2.30. The first-order chi connectivity index (χ1) is 16.4. The summed E-state index contributed by atoms with van der Waals surface area (Å²) >= 11 is 12.1. The Bertz CT molecular complexity index is 1330. The fourth-order valence-corrected chi connectivity index (χ4v) is 4.99. The lowest BCUT2D eigenvalue weighted by Gasteiger charge is -2.24. The molecule has 0 spiro atoms. The van der Waals surface area contributed by atoms with Crippen LogP contribution in [0, 0.1) is 0 Å². The first-order valence-electron chi connectivity index (χ1n) is 10.9. The topological polar surface area (TPSA) is 78.8 Å². The van der Waals surface area contributed by atoms with Crippen molar-refractivity contribution in [3.63, 3.8) is 0 Å². The largest absolute Gasteiger partial charge is 0.271 e. The number of halogens is 2. The van der Waals surface area contributed by atoms with Crippen LogP contribution in [0.5, 0.6) is 0 Å². The van der Waals surface area contributed by atoms with Crippen molar-refractivity contribution in [3.05, 3.63) is 94.0 Å². The molecule has 35 heavy (non-hydrogen) atoms. The second-order valence-electron chi connectivity index (χ2n) is 8.98. The van der Waals surface area contributed by atoms with Crippen molar-refractivity contribution in [1.82, 2.24) is 5.43 Å². The zero-order valence-corrected chi connectivity index (χ0v) is 22.2. The van der Waals surface area contributed by atoms with Crippen LogP contribution in [0.1, 0.15) is 38.8 Å². The van der Waals surface area contributed by atoms with E-state index in [4.69, 9.17) is 23.2 Å². The molecule has 0 unspecified atom stereocenters. The number of rotatable bonds is 7. The van der Waals surface area contributed by atoms with E-state index in [0.717, 1.165) is 9.87 Å². The van der Waals surface area contributed by atoms with Gasteiger partial charge in [-0.2, -0.15) is 5.10 Å². The molecule has 0 atom stereocenters. The Hall–Kier alpha value is -2.87. The van der Waals surface area contributed by atoms with Crippen molar-refractivity contribution in [2.45, 2.75) is 38.0 Å². The second kappa shape index (κ2) is 10.8. The molecule has 0 aliphatic rings. The zero-order valence-electron chi connectivity index (χ0n) is 19.9. The van der Waals surface area contributed by atoms with Crippen LogP contribution in [0.25, 0.3) is 0 Å². The van der Waals surface area contributed by atoms with Crippen molar-refractivity contribution < 1.29 is 13.2 Å². The van der Waals surface area contributed by atoms with Crippen LogP contribution in [-0.4, -0.2) is 26.6 Å². The maximum atomic E-state index is 13.4. The van der Waals surface area contributed by atoms with Gasteiger partial charge in [0.05, 0.1) is 26.3 Å². The molecule has 1 N–H and O–H groups in total. The lowest BCUT2D eigenvalue weighted by molar-refractivity contribution is -0.119. The van der Waals surface area contributed by atoms with E-state index in [1.165, 1.54) is 35.9 Å². The van der Waals surface area contributed by atoms with Gasteiger partial charge in [-0.1, -0.05) is 86.4 Å². The monoisotopic (exact) mass is 531 g/mol. The van der Waals surface area contributed by atoms with Crippen LogP contribution < -0.4 is 9.73 Å². The van der Waals surface area contributed by atoms with Gasteiger partial charge in [0, 0.05) is 0 Å². The molecule has 0 fully saturated rings. The first kappa shape index (κ1) is 26.7. The highest BCUT2D eigenvalue weighted by molar-refractivity contribution is 7.92. The molecule has 3 rings (SSSR count). The van der Waals surface area contributed by atoms with Crippen molar-refractivity contribution >= 4 is 50.5 Å². The van der Waals surface area contributed by atoms with Gasteiger partial charge in [-0.05, 0) is 53.8 Å². The molecule has 0 heterocycles. The van der Waals surface area contributed by atoms with Gasteiger partial charge in [0.1, 0.15) is 6.54 Å². The fourth-order valence-electron chi connectivity index (χ4n) is 3.26. The minimum Gasteiger partial charge on any atom is -0.271 e. The summed E-state index contributed by atoms with van der Waals surface area (Å²) in [6, 6.07) is 20.1. The van der Waals surface area contributed by atoms with Gasteiger partial charge < -0.3 is 0 Å². The summed E-state index contributed by atoms with van der Waals surface area (Å²) in [6.45, 7) is 7.66. The number of anilines is 1. The Balaban J connectivity index is 1.84. The van der Waals surface area contributed by atoms with E-state index in [0.29, 0.717) is 5.71 Å².